The molecular formula is C17H23N3O3S. The van der Waals surface area contributed by atoms with Gasteiger partial charge in [0.25, 0.3) is 0 Å². The van der Waals surface area contributed by atoms with Crippen LogP contribution in [-0.2, 0) is 17.6 Å². The number of carbonyl (C=O) groups excluding carboxylic acids is 1. The molecule has 7 heteroatoms. The van der Waals surface area contributed by atoms with Crippen LogP contribution in [0.4, 0.5) is 9.80 Å². The largest absolute Gasteiger partial charge is 0.449 e. The van der Waals surface area contributed by atoms with Gasteiger partial charge in [-0.1, -0.05) is 0 Å². The van der Waals surface area contributed by atoms with Crippen LogP contribution in [0, 0.1) is 17.2 Å². The summed E-state index contributed by atoms with van der Waals surface area (Å²) >= 11 is 1.64. The van der Waals surface area contributed by atoms with Gasteiger partial charge in [-0.2, -0.15) is 5.26 Å². The molecule has 1 unspecified atom stereocenters. The number of anilines is 1. The summed E-state index contributed by atoms with van der Waals surface area (Å²) in [4.78, 5) is 15.0. The number of likely N-dealkylation sites (tertiary alicyclic amines) is 1. The molecule has 1 amide bonds. The van der Waals surface area contributed by atoms with Gasteiger partial charge in [0.05, 0.1) is 18.3 Å². The number of nitriles is 1. The molecule has 1 atom stereocenters. The molecule has 0 bridgehead atoms. The fourth-order valence-electron chi connectivity index (χ4n) is 3.42. The molecule has 2 aliphatic rings. The van der Waals surface area contributed by atoms with Crippen LogP contribution in [0.3, 0.4) is 0 Å². The summed E-state index contributed by atoms with van der Waals surface area (Å²) < 4.78 is 5.49. The lowest BCUT2D eigenvalue weighted by Gasteiger charge is -2.30. The van der Waals surface area contributed by atoms with E-state index in [9.17, 15) is 15.2 Å². The smallest absolute Gasteiger partial charge is 0.409 e. The third-order valence-corrected chi connectivity index (χ3v) is 6.14. The molecule has 2 heterocycles. The van der Waals surface area contributed by atoms with Gasteiger partial charge in [-0.3, -0.25) is 0 Å². The Balaban J connectivity index is 1.54. The summed E-state index contributed by atoms with van der Waals surface area (Å²) in [5.41, 5.74) is 1.94. The Morgan fingerprint density at radius 1 is 1.46 bits per heavy atom. The van der Waals surface area contributed by atoms with E-state index in [4.69, 9.17) is 4.74 Å². The molecule has 0 spiro atoms. The molecule has 0 saturated carbocycles. The second-order valence-corrected chi connectivity index (χ2v) is 7.58. The molecule has 24 heavy (non-hydrogen) atoms. The zero-order chi connectivity index (χ0) is 17.1. The van der Waals surface area contributed by atoms with Crippen molar-refractivity contribution in [2.75, 3.05) is 32.1 Å². The number of fused-ring (bicyclic) bond motifs is 1. The minimum atomic E-state index is -0.291. The van der Waals surface area contributed by atoms with Crippen LogP contribution < -0.4 is 5.32 Å². The first kappa shape index (κ1) is 17.1. The Morgan fingerprint density at radius 3 is 2.88 bits per heavy atom. The Bertz CT molecular complexity index is 644. The highest BCUT2D eigenvalue weighted by atomic mass is 32.1. The Labute approximate surface area is 146 Å². The quantitative estimate of drug-likeness (QED) is 0.875. The van der Waals surface area contributed by atoms with Crippen molar-refractivity contribution in [1.82, 2.24) is 4.90 Å². The van der Waals surface area contributed by atoms with Crippen molar-refractivity contribution in [1.29, 1.82) is 5.26 Å². The van der Waals surface area contributed by atoms with E-state index in [-0.39, 0.29) is 12.2 Å². The average molecular weight is 349 g/mol. The molecule has 2 N–H and O–H groups in total. The highest BCUT2D eigenvalue weighted by molar-refractivity contribution is 7.16. The second-order valence-electron chi connectivity index (χ2n) is 6.47. The van der Waals surface area contributed by atoms with E-state index in [1.807, 2.05) is 7.05 Å². The third kappa shape index (κ3) is 3.50. The first-order chi connectivity index (χ1) is 11.6. The maximum absolute atomic E-state index is 12.1. The van der Waals surface area contributed by atoms with Gasteiger partial charge in [-0.25, -0.2) is 4.79 Å². The molecule has 0 radical (unpaired) electrons. The summed E-state index contributed by atoms with van der Waals surface area (Å²) in [6.45, 7) is 1.56. The number of rotatable bonds is 3. The lowest BCUT2D eigenvalue weighted by Crippen LogP contribution is -2.41. The van der Waals surface area contributed by atoms with Crippen molar-refractivity contribution in [2.24, 2.45) is 5.92 Å². The van der Waals surface area contributed by atoms with Crippen molar-refractivity contribution >= 4 is 22.4 Å². The number of ether oxygens (including phenoxy) is 1. The molecule has 1 aromatic rings. The number of aliphatic hydroxyl groups excluding tert-OH is 1. The van der Waals surface area contributed by atoms with Crippen LogP contribution in [0.25, 0.3) is 0 Å². The first-order valence-electron chi connectivity index (χ1n) is 8.44. The summed E-state index contributed by atoms with van der Waals surface area (Å²) in [7, 11) is 1.84. The molecule has 6 nitrogen and oxygen atoms in total. The van der Waals surface area contributed by atoms with Crippen molar-refractivity contribution in [3.63, 3.8) is 0 Å². The number of aliphatic hydroxyl groups is 1. The standard InChI is InChI=1S/C17H23N3O3S/c1-19-16-14(9-18)13-3-2-11(8-15(13)24-16)10-23-17(22)20-6-4-12(21)5-7-20/h11-12,19,21H,2-8,10H2,1H3. The summed E-state index contributed by atoms with van der Waals surface area (Å²) in [5.74, 6) is 0.312. The minimum absolute atomic E-state index is 0.271. The fourth-order valence-corrected chi connectivity index (χ4v) is 4.69. The Morgan fingerprint density at radius 2 is 2.21 bits per heavy atom. The van der Waals surface area contributed by atoms with Gasteiger partial charge < -0.3 is 20.1 Å². The highest BCUT2D eigenvalue weighted by Crippen LogP contribution is 2.39. The number of carbonyl (C=O) groups is 1. The first-order valence-corrected chi connectivity index (χ1v) is 9.26. The van der Waals surface area contributed by atoms with Crippen LogP contribution in [-0.4, -0.2) is 48.9 Å². The van der Waals surface area contributed by atoms with Crippen LogP contribution in [0.2, 0.25) is 0 Å². The molecule has 1 aliphatic carbocycles. The van der Waals surface area contributed by atoms with Gasteiger partial charge >= 0.3 is 6.09 Å². The van der Waals surface area contributed by atoms with Gasteiger partial charge in [0.2, 0.25) is 0 Å². The number of hydrogen-bond donors (Lipinski definition) is 2. The topological polar surface area (TPSA) is 85.6 Å². The van der Waals surface area contributed by atoms with E-state index >= 15 is 0 Å². The van der Waals surface area contributed by atoms with Gasteiger partial charge in [0, 0.05) is 25.0 Å². The van der Waals surface area contributed by atoms with Gasteiger partial charge in [-0.15, -0.1) is 11.3 Å². The number of hydrogen-bond acceptors (Lipinski definition) is 6. The maximum atomic E-state index is 12.1. The maximum Gasteiger partial charge on any atom is 0.409 e. The average Bonchev–Trinajstić information content (AvgIpc) is 2.97. The summed E-state index contributed by atoms with van der Waals surface area (Å²) in [6.07, 6.45) is 3.36. The number of thiophene rings is 1. The number of amides is 1. The van der Waals surface area contributed by atoms with Crippen LogP contribution in [0.15, 0.2) is 0 Å². The molecular weight excluding hydrogens is 326 g/mol. The van der Waals surface area contributed by atoms with Crippen LogP contribution in [0.5, 0.6) is 0 Å². The zero-order valence-electron chi connectivity index (χ0n) is 13.9. The molecule has 1 fully saturated rings. The zero-order valence-corrected chi connectivity index (χ0v) is 14.7. The second kappa shape index (κ2) is 7.41. The van der Waals surface area contributed by atoms with Gasteiger partial charge in [0.15, 0.2) is 0 Å². The van der Waals surface area contributed by atoms with Crippen molar-refractivity contribution in [2.45, 2.75) is 38.2 Å². The number of nitrogens with zero attached hydrogens (tertiary/aromatic N) is 2. The SMILES string of the molecule is CNc1sc2c(c1C#N)CCC(COC(=O)N1CCC(O)CC1)C2. The third-order valence-electron chi connectivity index (χ3n) is 4.87. The molecule has 1 aromatic heterocycles. The van der Waals surface area contributed by atoms with E-state index in [0.717, 1.165) is 29.8 Å². The highest BCUT2D eigenvalue weighted by Gasteiger charge is 2.28. The lowest BCUT2D eigenvalue weighted by atomic mass is 9.88. The number of piperidine rings is 1. The van der Waals surface area contributed by atoms with Crippen molar-refractivity contribution in [3.8, 4) is 6.07 Å². The minimum Gasteiger partial charge on any atom is -0.449 e. The van der Waals surface area contributed by atoms with E-state index in [0.29, 0.717) is 38.5 Å². The van der Waals surface area contributed by atoms with E-state index in [2.05, 4.69) is 11.4 Å². The number of nitrogens with one attached hydrogen (secondary N) is 1. The molecule has 130 valence electrons. The van der Waals surface area contributed by atoms with Crippen LogP contribution in [0.1, 0.15) is 35.3 Å². The monoisotopic (exact) mass is 349 g/mol. The normalized spacial score (nSPS) is 21.0. The van der Waals surface area contributed by atoms with Crippen LogP contribution >= 0.6 is 11.3 Å². The molecule has 1 saturated heterocycles. The predicted molar refractivity (Wildman–Crippen MR) is 92.3 cm³/mol. The summed E-state index contributed by atoms with van der Waals surface area (Å²) in [6, 6.07) is 2.30. The fraction of sp³-hybridized carbons (Fsp3) is 0.647. The molecule has 3 rings (SSSR count). The predicted octanol–water partition coefficient (Wildman–Crippen LogP) is 2.36. The summed E-state index contributed by atoms with van der Waals surface area (Å²) in [5, 5.41) is 22.9. The Hall–Kier alpha value is -1.78. The molecule has 0 aromatic carbocycles. The van der Waals surface area contributed by atoms with Crippen molar-refractivity contribution in [3.05, 3.63) is 16.0 Å². The van der Waals surface area contributed by atoms with E-state index in [1.165, 1.54) is 10.4 Å². The molecule has 1 aliphatic heterocycles. The Kier molecular flexibility index (Phi) is 5.27. The van der Waals surface area contributed by atoms with Crippen molar-refractivity contribution < 1.29 is 14.6 Å². The lowest BCUT2D eigenvalue weighted by molar-refractivity contribution is 0.0512. The van der Waals surface area contributed by atoms with E-state index < -0.39 is 0 Å². The van der Waals surface area contributed by atoms with Gasteiger partial charge in [0.1, 0.15) is 11.1 Å². The van der Waals surface area contributed by atoms with Gasteiger partial charge in [-0.05, 0) is 43.6 Å². The van der Waals surface area contributed by atoms with E-state index in [1.54, 1.807) is 16.2 Å².